The molecule has 4 N–H and O–H groups in total. The third-order valence-electron chi connectivity index (χ3n) is 5.78. The van der Waals surface area contributed by atoms with E-state index in [1.807, 2.05) is 61.5 Å². The van der Waals surface area contributed by atoms with Crippen molar-refractivity contribution in [3.63, 3.8) is 0 Å². The van der Waals surface area contributed by atoms with Crippen LogP contribution in [-0.2, 0) is 0 Å². The first kappa shape index (κ1) is 21.3. The zero-order valence-electron chi connectivity index (χ0n) is 18.8. The molecule has 2 heterocycles. The number of nitrogen functional groups attached to an aromatic ring is 1. The number of anilines is 2. The molecule has 0 fully saturated rings. The van der Waals surface area contributed by atoms with Crippen molar-refractivity contribution in [2.75, 3.05) is 24.7 Å². The standard InChI is InChI=1S/C27H23FN6/c1-34(2)20-12-18(14-31-15-20)16-9-10-23(29)22(13-16)25(30)27-32-24-8-4-7-21(26(24)33-27)17-5-3-6-19(28)11-17/h3-15,30H,29H2,1-2H3,(H,32,33). The molecule has 0 aliphatic rings. The van der Waals surface area contributed by atoms with Gasteiger partial charge in [-0.3, -0.25) is 10.4 Å². The highest BCUT2D eigenvalue weighted by molar-refractivity contribution is 6.14. The van der Waals surface area contributed by atoms with Gasteiger partial charge in [0.2, 0.25) is 0 Å². The number of rotatable bonds is 5. The Morgan fingerprint density at radius 2 is 1.76 bits per heavy atom. The Hall–Kier alpha value is -4.52. The van der Waals surface area contributed by atoms with Gasteiger partial charge in [0.25, 0.3) is 0 Å². The molecule has 2 aromatic heterocycles. The van der Waals surface area contributed by atoms with Crippen molar-refractivity contribution in [3.8, 4) is 22.3 Å². The number of nitrogens with zero attached hydrogens (tertiary/aromatic N) is 3. The van der Waals surface area contributed by atoms with Crippen LogP contribution in [-0.4, -0.2) is 34.8 Å². The Morgan fingerprint density at radius 3 is 2.56 bits per heavy atom. The molecule has 0 saturated carbocycles. The lowest BCUT2D eigenvalue weighted by Gasteiger charge is -2.14. The van der Waals surface area contributed by atoms with Gasteiger partial charge >= 0.3 is 0 Å². The third-order valence-corrected chi connectivity index (χ3v) is 5.78. The second kappa shape index (κ2) is 8.44. The Kier molecular flexibility index (Phi) is 5.30. The van der Waals surface area contributed by atoms with E-state index >= 15 is 0 Å². The van der Waals surface area contributed by atoms with Crippen LogP contribution >= 0.6 is 0 Å². The molecule has 0 unspecified atom stereocenters. The molecule has 0 saturated heterocycles. The van der Waals surface area contributed by atoms with Gasteiger partial charge in [-0.15, -0.1) is 0 Å². The molecular formula is C27H23FN6. The fraction of sp³-hybridized carbons (Fsp3) is 0.0741. The number of nitrogens with one attached hydrogen (secondary N) is 2. The largest absolute Gasteiger partial charge is 0.398 e. The van der Waals surface area contributed by atoms with Crippen LogP contribution in [0.3, 0.4) is 0 Å². The molecule has 6 nitrogen and oxygen atoms in total. The van der Waals surface area contributed by atoms with Crippen LogP contribution in [0, 0.1) is 11.2 Å². The van der Waals surface area contributed by atoms with E-state index in [0.717, 1.165) is 33.5 Å². The van der Waals surface area contributed by atoms with Crippen molar-refractivity contribution < 1.29 is 4.39 Å². The van der Waals surface area contributed by atoms with Crippen molar-refractivity contribution in [1.82, 2.24) is 15.0 Å². The van der Waals surface area contributed by atoms with Gasteiger partial charge in [-0.05, 0) is 47.5 Å². The summed E-state index contributed by atoms with van der Waals surface area (Å²) in [6.45, 7) is 0. The van der Waals surface area contributed by atoms with Gasteiger partial charge in [-0.2, -0.15) is 0 Å². The molecule has 3 aromatic carbocycles. The SMILES string of the molecule is CN(C)c1cncc(-c2ccc(N)c(C(=N)c3nc4c(-c5cccc(F)c5)cccc4[nH]3)c2)c1. The lowest BCUT2D eigenvalue weighted by atomic mass is 10.00. The first-order chi connectivity index (χ1) is 16.4. The zero-order chi connectivity index (χ0) is 23.8. The van der Waals surface area contributed by atoms with Gasteiger partial charge in [-0.25, -0.2) is 9.37 Å². The van der Waals surface area contributed by atoms with E-state index in [0.29, 0.717) is 22.6 Å². The molecular weight excluding hydrogens is 427 g/mol. The first-order valence-electron chi connectivity index (χ1n) is 10.8. The number of halogens is 1. The summed E-state index contributed by atoms with van der Waals surface area (Å²) in [5, 5.41) is 8.87. The number of imidazole rings is 1. The van der Waals surface area contributed by atoms with Crippen molar-refractivity contribution in [2.45, 2.75) is 0 Å². The summed E-state index contributed by atoms with van der Waals surface area (Å²) in [6, 6.07) is 19.7. The maximum atomic E-state index is 13.8. The summed E-state index contributed by atoms with van der Waals surface area (Å²) in [5.74, 6) is 0.0818. The number of H-pyrrole nitrogens is 1. The Balaban J connectivity index is 1.56. The number of para-hydroxylation sites is 1. The molecule has 0 aliphatic carbocycles. The van der Waals surface area contributed by atoms with Gasteiger partial charge in [0.15, 0.2) is 5.82 Å². The number of fused-ring (bicyclic) bond motifs is 1. The van der Waals surface area contributed by atoms with Gasteiger partial charge in [0.1, 0.15) is 11.5 Å². The van der Waals surface area contributed by atoms with Crippen LogP contribution in [0.25, 0.3) is 33.3 Å². The molecule has 0 spiro atoms. The maximum absolute atomic E-state index is 13.8. The average molecular weight is 451 g/mol. The Bertz CT molecular complexity index is 1540. The molecule has 0 radical (unpaired) electrons. The number of hydrogen-bond donors (Lipinski definition) is 3. The van der Waals surface area contributed by atoms with Crippen LogP contribution in [0.2, 0.25) is 0 Å². The molecule has 7 heteroatoms. The van der Waals surface area contributed by atoms with Gasteiger partial charge in [0, 0.05) is 42.7 Å². The average Bonchev–Trinajstić information content (AvgIpc) is 3.28. The Labute approximate surface area is 196 Å². The lowest BCUT2D eigenvalue weighted by Crippen LogP contribution is -2.09. The highest BCUT2D eigenvalue weighted by atomic mass is 19.1. The number of pyridine rings is 1. The van der Waals surface area contributed by atoms with Crippen LogP contribution in [0.5, 0.6) is 0 Å². The van der Waals surface area contributed by atoms with E-state index in [2.05, 4.69) is 9.97 Å². The Morgan fingerprint density at radius 1 is 0.941 bits per heavy atom. The highest BCUT2D eigenvalue weighted by Gasteiger charge is 2.16. The molecule has 5 rings (SSSR count). The minimum Gasteiger partial charge on any atom is -0.398 e. The van der Waals surface area contributed by atoms with Crippen LogP contribution in [0.15, 0.2) is 79.1 Å². The topological polar surface area (TPSA) is 94.7 Å². The molecule has 168 valence electrons. The van der Waals surface area contributed by atoms with Crippen LogP contribution in [0.1, 0.15) is 11.4 Å². The van der Waals surface area contributed by atoms with Gasteiger partial charge in [0.05, 0.1) is 22.9 Å². The van der Waals surface area contributed by atoms with Crippen molar-refractivity contribution in [1.29, 1.82) is 5.41 Å². The smallest absolute Gasteiger partial charge is 0.157 e. The quantitative estimate of drug-likeness (QED) is 0.244. The molecule has 0 atom stereocenters. The van der Waals surface area contributed by atoms with Gasteiger partial charge < -0.3 is 15.6 Å². The van der Waals surface area contributed by atoms with Crippen molar-refractivity contribution in [3.05, 3.63) is 96.3 Å². The van der Waals surface area contributed by atoms with E-state index in [4.69, 9.17) is 16.1 Å². The summed E-state index contributed by atoms with van der Waals surface area (Å²) in [4.78, 5) is 14.3. The van der Waals surface area contributed by atoms with Crippen LogP contribution in [0.4, 0.5) is 15.8 Å². The van der Waals surface area contributed by atoms with E-state index < -0.39 is 0 Å². The summed E-state index contributed by atoms with van der Waals surface area (Å²) in [6.07, 6.45) is 3.59. The predicted octanol–water partition coefficient (Wildman–Crippen LogP) is 5.50. The molecule has 5 aromatic rings. The summed E-state index contributed by atoms with van der Waals surface area (Å²) in [7, 11) is 3.93. The summed E-state index contributed by atoms with van der Waals surface area (Å²) < 4.78 is 13.8. The number of aromatic nitrogens is 3. The third kappa shape index (κ3) is 3.88. The van der Waals surface area contributed by atoms with Gasteiger partial charge in [-0.1, -0.05) is 30.3 Å². The number of aromatic amines is 1. The molecule has 34 heavy (non-hydrogen) atoms. The number of hydrogen-bond acceptors (Lipinski definition) is 5. The fourth-order valence-corrected chi connectivity index (χ4v) is 3.95. The second-order valence-electron chi connectivity index (χ2n) is 8.30. The fourth-order valence-electron chi connectivity index (χ4n) is 3.95. The molecule has 0 amide bonds. The summed E-state index contributed by atoms with van der Waals surface area (Å²) >= 11 is 0. The number of nitrogens with two attached hydrogens (primary N) is 1. The zero-order valence-corrected chi connectivity index (χ0v) is 18.8. The lowest BCUT2D eigenvalue weighted by molar-refractivity contribution is 0.628. The predicted molar refractivity (Wildman–Crippen MR) is 136 cm³/mol. The normalized spacial score (nSPS) is 11.0. The maximum Gasteiger partial charge on any atom is 0.157 e. The van der Waals surface area contributed by atoms with Crippen LogP contribution < -0.4 is 10.6 Å². The monoisotopic (exact) mass is 450 g/mol. The van der Waals surface area contributed by atoms with E-state index in [9.17, 15) is 4.39 Å². The van der Waals surface area contributed by atoms with E-state index in [-0.39, 0.29) is 11.5 Å². The van der Waals surface area contributed by atoms with Crippen molar-refractivity contribution >= 4 is 28.1 Å². The number of benzene rings is 3. The highest BCUT2D eigenvalue weighted by Crippen LogP contribution is 2.30. The van der Waals surface area contributed by atoms with E-state index in [1.54, 1.807) is 24.5 Å². The molecule has 0 bridgehead atoms. The summed E-state index contributed by atoms with van der Waals surface area (Å²) in [5.41, 5.74) is 13.3. The first-order valence-corrected chi connectivity index (χ1v) is 10.8. The van der Waals surface area contributed by atoms with E-state index in [1.165, 1.54) is 12.1 Å². The molecule has 0 aliphatic heterocycles. The van der Waals surface area contributed by atoms with Crippen molar-refractivity contribution in [2.24, 2.45) is 0 Å². The minimum absolute atomic E-state index is 0.178. The second-order valence-corrected chi connectivity index (χ2v) is 8.30. The minimum atomic E-state index is -0.310.